The van der Waals surface area contributed by atoms with E-state index in [4.69, 9.17) is 11.0 Å². The fourth-order valence-electron chi connectivity index (χ4n) is 1.10. The fraction of sp³-hybridized carbons (Fsp3) is 0.273. The molecule has 0 spiro atoms. The Hall–Kier alpha value is -2.22. The summed E-state index contributed by atoms with van der Waals surface area (Å²) in [5, 5.41) is 11.7. The lowest BCUT2D eigenvalue weighted by Crippen LogP contribution is -2.28. The van der Waals surface area contributed by atoms with Crippen LogP contribution in [-0.2, 0) is 4.79 Å². The van der Waals surface area contributed by atoms with E-state index in [-0.39, 0.29) is 12.5 Å². The van der Waals surface area contributed by atoms with E-state index in [0.717, 1.165) is 0 Å². The number of nitrogens with one attached hydrogen (secondary N) is 1. The maximum atomic E-state index is 11.3. The molecule has 5 heteroatoms. The van der Waals surface area contributed by atoms with E-state index in [9.17, 15) is 4.79 Å². The monoisotopic (exact) mass is 218 g/mol. The summed E-state index contributed by atoms with van der Waals surface area (Å²) in [6.07, 6.45) is 0. The summed E-state index contributed by atoms with van der Waals surface area (Å²) in [4.78, 5) is 12.8. The van der Waals surface area contributed by atoms with Gasteiger partial charge in [0.25, 0.3) is 0 Å². The molecule has 84 valence electrons. The highest BCUT2D eigenvalue weighted by Crippen LogP contribution is 2.16. The van der Waals surface area contributed by atoms with Crippen LogP contribution in [0.25, 0.3) is 0 Å². The number of likely N-dealkylation sites (N-methyl/N-ethyl adjacent to an activating group) is 1. The second-order valence-electron chi connectivity index (χ2n) is 3.56. The largest absolute Gasteiger partial charge is 0.398 e. The number of rotatable bonds is 3. The quantitative estimate of drug-likeness (QED) is 0.729. The first-order chi connectivity index (χ1) is 7.54. The number of hydrogen-bond acceptors (Lipinski definition) is 4. The minimum absolute atomic E-state index is 0.0321. The second kappa shape index (κ2) is 5.03. The number of nitrogens with zero attached hydrogens (tertiary/aromatic N) is 2. The van der Waals surface area contributed by atoms with Crippen LogP contribution in [0.1, 0.15) is 5.56 Å². The number of benzene rings is 1. The van der Waals surface area contributed by atoms with Gasteiger partial charge in [-0.25, -0.2) is 0 Å². The lowest BCUT2D eigenvalue weighted by molar-refractivity contribution is -0.126. The number of nitriles is 1. The third-order valence-electron chi connectivity index (χ3n) is 2.12. The molecule has 0 atom stereocenters. The van der Waals surface area contributed by atoms with Gasteiger partial charge in [0, 0.05) is 25.5 Å². The van der Waals surface area contributed by atoms with Gasteiger partial charge in [0.05, 0.1) is 12.1 Å². The highest BCUT2D eigenvalue weighted by molar-refractivity contribution is 5.80. The molecule has 0 saturated carbocycles. The molecule has 0 saturated heterocycles. The highest BCUT2D eigenvalue weighted by Gasteiger charge is 2.04. The van der Waals surface area contributed by atoms with E-state index in [0.29, 0.717) is 16.9 Å². The van der Waals surface area contributed by atoms with Gasteiger partial charge >= 0.3 is 0 Å². The van der Waals surface area contributed by atoms with Gasteiger partial charge in [-0.1, -0.05) is 0 Å². The first kappa shape index (κ1) is 11.9. The minimum Gasteiger partial charge on any atom is -0.398 e. The normalized spacial score (nSPS) is 9.31. The summed E-state index contributed by atoms with van der Waals surface area (Å²) >= 11 is 0. The van der Waals surface area contributed by atoms with E-state index >= 15 is 0 Å². The van der Waals surface area contributed by atoms with Crippen LogP contribution in [0, 0.1) is 11.3 Å². The molecule has 0 radical (unpaired) electrons. The van der Waals surface area contributed by atoms with Crippen molar-refractivity contribution in [2.24, 2.45) is 0 Å². The van der Waals surface area contributed by atoms with E-state index in [1.165, 1.54) is 4.90 Å². The van der Waals surface area contributed by atoms with Crippen LogP contribution in [-0.4, -0.2) is 31.4 Å². The Labute approximate surface area is 94.5 Å². The number of hydrogen-bond donors (Lipinski definition) is 2. The summed E-state index contributed by atoms with van der Waals surface area (Å²) < 4.78 is 0. The Morgan fingerprint density at radius 2 is 2.25 bits per heavy atom. The van der Waals surface area contributed by atoms with E-state index in [2.05, 4.69) is 5.32 Å². The molecule has 1 rings (SSSR count). The molecule has 1 amide bonds. The third-order valence-corrected chi connectivity index (χ3v) is 2.12. The molecular formula is C11H14N4O. The van der Waals surface area contributed by atoms with Gasteiger partial charge in [-0.2, -0.15) is 5.26 Å². The van der Waals surface area contributed by atoms with Crippen molar-refractivity contribution in [2.75, 3.05) is 31.7 Å². The van der Waals surface area contributed by atoms with Crippen molar-refractivity contribution in [3.05, 3.63) is 23.8 Å². The number of nitrogens with two attached hydrogens (primary N) is 1. The average molecular weight is 218 g/mol. The van der Waals surface area contributed by atoms with Gasteiger partial charge < -0.3 is 16.0 Å². The first-order valence-corrected chi connectivity index (χ1v) is 4.78. The zero-order chi connectivity index (χ0) is 12.1. The SMILES string of the molecule is CN(C)C(=O)CNc1ccc(N)c(C#N)c1. The summed E-state index contributed by atoms with van der Waals surface area (Å²) in [7, 11) is 3.38. The molecule has 16 heavy (non-hydrogen) atoms. The van der Waals surface area contributed by atoms with E-state index in [1.807, 2.05) is 6.07 Å². The molecule has 0 heterocycles. The highest BCUT2D eigenvalue weighted by atomic mass is 16.2. The molecule has 0 aliphatic heterocycles. The van der Waals surface area contributed by atoms with Gasteiger partial charge in [-0.05, 0) is 18.2 Å². The number of nitrogen functional groups attached to an aromatic ring is 1. The number of carbonyl (C=O) groups is 1. The van der Waals surface area contributed by atoms with Crippen molar-refractivity contribution in [3.63, 3.8) is 0 Å². The maximum absolute atomic E-state index is 11.3. The van der Waals surface area contributed by atoms with Crippen LogP contribution in [0.15, 0.2) is 18.2 Å². The van der Waals surface area contributed by atoms with E-state index < -0.39 is 0 Å². The van der Waals surface area contributed by atoms with Crippen molar-refractivity contribution in [3.8, 4) is 6.07 Å². The molecule has 3 N–H and O–H groups in total. The van der Waals surface area contributed by atoms with Crippen molar-refractivity contribution < 1.29 is 4.79 Å². The molecule has 0 fully saturated rings. The maximum Gasteiger partial charge on any atom is 0.241 e. The van der Waals surface area contributed by atoms with Gasteiger partial charge in [0.1, 0.15) is 6.07 Å². The zero-order valence-electron chi connectivity index (χ0n) is 9.32. The summed E-state index contributed by atoms with van der Waals surface area (Å²) in [6, 6.07) is 6.98. The Morgan fingerprint density at radius 3 is 2.81 bits per heavy atom. The molecule has 0 aliphatic carbocycles. The molecule has 1 aromatic carbocycles. The lowest BCUT2D eigenvalue weighted by atomic mass is 10.2. The molecule has 0 aliphatic rings. The van der Waals surface area contributed by atoms with Gasteiger partial charge in [0.2, 0.25) is 5.91 Å². The predicted molar refractivity (Wildman–Crippen MR) is 62.8 cm³/mol. The van der Waals surface area contributed by atoms with Gasteiger partial charge in [-0.3, -0.25) is 4.79 Å². The van der Waals surface area contributed by atoms with Gasteiger partial charge in [-0.15, -0.1) is 0 Å². The number of amides is 1. The van der Waals surface area contributed by atoms with Crippen LogP contribution < -0.4 is 11.1 Å². The topological polar surface area (TPSA) is 82.2 Å². The minimum atomic E-state index is -0.0321. The zero-order valence-corrected chi connectivity index (χ0v) is 9.32. The molecule has 0 unspecified atom stereocenters. The van der Waals surface area contributed by atoms with Crippen LogP contribution in [0.2, 0.25) is 0 Å². The molecule has 5 nitrogen and oxygen atoms in total. The summed E-state index contributed by atoms with van der Waals surface area (Å²) in [6.45, 7) is 0.196. The first-order valence-electron chi connectivity index (χ1n) is 4.78. The second-order valence-corrected chi connectivity index (χ2v) is 3.56. The van der Waals surface area contributed by atoms with Crippen LogP contribution >= 0.6 is 0 Å². The predicted octanol–water partition coefficient (Wildman–Crippen LogP) is 0.641. The summed E-state index contributed by atoms with van der Waals surface area (Å²) in [5.41, 5.74) is 7.13. The number of carbonyl (C=O) groups excluding carboxylic acids is 1. The Kier molecular flexibility index (Phi) is 3.72. The van der Waals surface area contributed by atoms with Gasteiger partial charge in [0.15, 0.2) is 0 Å². The lowest BCUT2D eigenvalue weighted by Gasteiger charge is -2.12. The Bertz CT molecular complexity index is 434. The molecule has 0 bridgehead atoms. The Morgan fingerprint density at radius 1 is 1.56 bits per heavy atom. The average Bonchev–Trinajstić information content (AvgIpc) is 2.27. The van der Waals surface area contributed by atoms with Crippen LogP contribution in [0.3, 0.4) is 0 Å². The molecule has 1 aromatic rings. The van der Waals surface area contributed by atoms with Crippen molar-refractivity contribution in [1.29, 1.82) is 5.26 Å². The molecular weight excluding hydrogens is 204 g/mol. The van der Waals surface area contributed by atoms with Crippen LogP contribution in [0.5, 0.6) is 0 Å². The number of anilines is 2. The van der Waals surface area contributed by atoms with Crippen LogP contribution in [0.4, 0.5) is 11.4 Å². The standard InChI is InChI=1S/C11H14N4O/c1-15(2)11(16)7-14-9-3-4-10(13)8(5-9)6-12/h3-5,14H,7,13H2,1-2H3. The third kappa shape index (κ3) is 2.89. The van der Waals surface area contributed by atoms with Crippen molar-refractivity contribution in [2.45, 2.75) is 0 Å². The fourth-order valence-corrected chi connectivity index (χ4v) is 1.10. The molecule has 0 aromatic heterocycles. The summed E-state index contributed by atoms with van der Waals surface area (Å²) in [5.74, 6) is -0.0321. The smallest absolute Gasteiger partial charge is 0.241 e. The Balaban J connectivity index is 2.69. The van der Waals surface area contributed by atoms with Crippen molar-refractivity contribution in [1.82, 2.24) is 4.90 Å². The van der Waals surface area contributed by atoms with Crippen molar-refractivity contribution >= 4 is 17.3 Å². The van der Waals surface area contributed by atoms with E-state index in [1.54, 1.807) is 32.3 Å².